The molecule has 0 fully saturated rings. The largest absolute Gasteiger partial charge is 0.309 e. The minimum Gasteiger partial charge on any atom is -0.309 e. The summed E-state index contributed by atoms with van der Waals surface area (Å²) >= 11 is 0. The summed E-state index contributed by atoms with van der Waals surface area (Å²) in [4.78, 5) is 0. The highest BCUT2D eigenvalue weighted by Crippen LogP contribution is 2.44. The zero-order valence-electron chi connectivity index (χ0n) is 26.2. The van der Waals surface area contributed by atoms with Gasteiger partial charge >= 0.3 is 0 Å². The molecular formula is C46H30N2. The number of aromatic nitrogens is 2. The molecule has 0 aliphatic heterocycles. The maximum Gasteiger partial charge on any atom is 0.0548 e. The molecule has 10 aromatic rings. The Hall–Kier alpha value is -6.38. The zero-order chi connectivity index (χ0) is 31.6. The van der Waals surface area contributed by atoms with Crippen LogP contribution in [0.25, 0.3) is 88.0 Å². The average molecular weight is 611 g/mol. The topological polar surface area (TPSA) is 9.86 Å². The SMILES string of the molecule is c1ccc(-c2cc(-c3ccccc3)cc(-n3c4cc5ccccc5cc4c4c5c6ccccc6n(-c6ccccc6)c5ccc43)c2)cc1. The molecule has 10 rings (SSSR count). The highest BCUT2D eigenvalue weighted by Gasteiger charge is 2.21. The molecule has 48 heavy (non-hydrogen) atoms. The molecule has 2 nitrogen and oxygen atoms in total. The molecular weight excluding hydrogens is 581 g/mol. The van der Waals surface area contributed by atoms with Crippen LogP contribution in [0.3, 0.4) is 0 Å². The molecule has 0 spiro atoms. The van der Waals surface area contributed by atoms with Gasteiger partial charge in [-0.15, -0.1) is 0 Å². The summed E-state index contributed by atoms with van der Waals surface area (Å²) in [5.41, 5.74) is 12.0. The minimum absolute atomic E-state index is 1.15. The van der Waals surface area contributed by atoms with Crippen LogP contribution in [0.5, 0.6) is 0 Å². The molecule has 8 aromatic carbocycles. The van der Waals surface area contributed by atoms with Crippen LogP contribution in [0.2, 0.25) is 0 Å². The Morgan fingerprint density at radius 3 is 1.42 bits per heavy atom. The first kappa shape index (κ1) is 26.8. The second-order valence-electron chi connectivity index (χ2n) is 12.6. The van der Waals surface area contributed by atoms with Crippen LogP contribution in [0.1, 0.15) is 0 Å². The number of rotatable bonds is 4. The van der Waals surface area contributed by atoms with Crippen molar-refractivity contribution >= 4 is 54.4 Å². The smallest absolute Gasteiger partial charge is 0.0548 e. The summed E-state index contributed by atoms with van der Waals surface area (Å²) in [6.45, 7) is 0. The number of hydrogen-bond acceptors (Lipinski definition) is 0. The van der Waals surface area contributed by atoms with Crippen LogP contribution in [0.15, 0.2) is 182 Å². The van der Waals surface area contributed by atoms with E-state index in [2.05, 4.69) is 191 Å². The lowest BCUT2D eigenvalue weighted by atomic mass is 9.98. The van der Waals surface area contributed by atoms with Crippen LogP contribution < -0.4 is 0 Å². The van der Waals surface area contributed by atoms with E-state index >= 15 is 0 Å². The van der Waals surface area contributed by atoms with E-state index in [1.54, 1.807) is 0 Å². The van der Waals surface area contributed by atoms with Crippen LogP contribution in [-0.4, -0.2) is 9.13 Å². The van der Waals surface area contributed by atoms with Crippen molar-refractivity contribution in [3.63, 3.8) is 0 Å². The lowest BCUT2D eigenvalue weighted by Gasteiger charge is -2.14. The van der Waals surface area contributed by atoms with E-state index < -0.39 is 0 Å². The maximum atomic E-state index is 2.49. The maximum absolute atomic E-state index is 2.49. The normalized spacial score (nSPS) is 11.8. The summed E-state index contributed by atoms with van der Waals surface area (Å²) in [5.74, 6) is 0. The van der Waals surface area contributed by atoms with Crippen molar-refractivity contribution in [1.82, 2.24) is 9.13 Å². The lowest BCUT2D eigenvalue weighted by Crippen LogP contribution is -1.96. The first-order valence-corrected chi connectivity index (χ1v) is 16.5. The number of nitrogens with zero attached hydrogens (tertiary/aromatic N) is 2. The van der Waals surface area contributed by atoms with E-state index in [0.29, 0.717) is 0 Å². The second kappa shape index (κ2) is 10.6. The molecule has 0 aliphatic carbocycles. The molecule has 0 saturated carbocycles. The summed E-state index contributed by atoms with van der Waals surface area (Å²) in [7, 11) is 0. The number of para-hydroxylation sites is 2. The molecule has 0 saturated heterocycles. The number of hydrogen-bond donors (Lipinski definition) is 0. The van der Waals surface area contributed by atoms with Gasteiger partial charge in [-0.1, -0.05) is 121 Å². The first-order valence-electron chi connectivity index (χ1n) is 16.5. The van der Waals surface area contributed by atoms with Crippen LogP contribution in [-0.2, 0) is 0 Å². The average Bonchev–Trinajstić information content (AvgIpc) is 3.67. The molecule has 2 heterocycles. The Labute approximate surface area is 278 Å². The van der Waals surface area contributed by atoms with Crippen molar-refractivity contribution in [2.75, 3.05) is 0 Å². The van der Waals surface area contributed by atoms with Gasteiger partial charge in [-0.05, 0) is 93.7 Å². The fourth-order valence-electron chi connectivity index (χ4n) is 7.72. The van der Waals surface area contributed by atoms with Gasteiger partial charge in [-0.25, -0.2) is 0 Å². The molecule has 0 atom stereocenters. The predicted octanol–water partition coefficient (Wildman–Crippen LogP) is 12.4. The molecule has 0 N–H and O–H groups in total. The molecule has 0 bridgehead atoms. The van der Waals surface area contributed by atoms with Gasteiger partial charge < -0.3 is 9.13 Å². The van der Waals surface area contributed by atoms with E-state index in [4.69, 9.17) is 0 Å². The Morgan fingerprint density at radius 2 is 0.771 bits per heavy atom. The molecule has 0 radical (unpaired) electrons. The fraction of sp³-hybridized carbons (Fsp3) is 0. The van der Waals surface area contributed by atoms with E-state index in [1.807, 2.05) is 0 Å². The quantitative estimate of drug-likeness (QED) is 0.188. The third-order valence-electron chi connectivity index (χ3n) is 9.84. The van der Waals surface area contributed by atoms with Crippen molar-refractivity contribution in [2.45, 2.75) is 0 Å². The Balaban J connectivity index is 1.38. The molecule has 2 aromatic heterocycles. The minimum atomic E-state index is 1.15. The Kier molecular flexibility index (Phi) is 5.91. The van der Waals surface area contributed by atoms with Gasteiger partial charge in [0.2, 0.25) is 0 Å². The monoisotopic (exact) mass is 610 g/mol. The van der Waals surface area contributed by atoms with Crippen LogP contribution in [0.4, 0.5) is 0 Å². The van der Waals surface area contributed by atoms with E-state index in [1.165, 1.54) is 82.3 Å². The molecule has 0 amide bonds. The summed E-state index contributed by atoms with van der Waals surface area (Å²) in [6, 6.07) is 66.2. The predicted molar refractivity (Wildman–Crippen MR) is 203 cm³/mol. The van der Waals surface area contributed by atoms with E-state index in [-0.39, 0.29) is 0 Å². The van der Waals surface area contributed by atoms with E-state index in [0.717, 1.165) is 5.69 Å². The Bertz CT molecular complexity index is 2750. The van der Waals surface area contributed by atoms with Gasteiger partial charge in [-0.3, -0.25) is 0 Å². The molecule has 0 aliphatic rings. The number of fused-ring (bicyclic) bond motifs is 8. The van der Waals surface area contributed by atoms with Gasteiger partial charge in [0.1, 0.15) is 0 Å². The third kappa shape index (κ3) is 4.06. The highest BCUT2D eigenvalue weighted by atomic mass is 15.0. The van der Waals surface area contributed by atoms with Gasteiger partial charge in [0.15, 0.2) is 0 Å². The van der Waals surface area contributed by atoms with Crippen molar-refractivity contribution in [2.24, 2.45) is 0 Å². The van der Waals surface area contributed by atoms with Gasteiger partial charge in [-0.2, -0.15) is 0 Å². The highest BCUT2D eigenvalue weighted by molar-refractivity contribution is 6.30. The van der Waals surface area contributed by atoms with Crippen LogP contribution in [0, 0.1) is 0 Å². The third-order valence-corrected chi connectivity index (χ3v) is 9.84. The standard InChI is InChI=1S/C46H30N2/c1-4-14-31(15-5-1)35-26-36(32-16-6-2-7-17-32)28-38(27-35)48-43-25-24-42-45(46(43)40-29-33-18-10-11-19-34(33)30-44(40)48)39-22-12-13-23-41(39)47(42)37-20-8-3-9-21-37/h1-30H. The zero-order valence-corrected chi connectivity index (χ0v) is 26.2. The first-order chi connectivity index (χ1) is 23.8. The summed E-state index contributed by atoms with van der Waals surface area (Å²) in [5, 5.41) is 7.57. The molecule has 0 unspecified atom stereocenters. The molecule has 224 valence electrons. The van der Waals surface area contributed by atoms with Crippen molar-refractivity contribution in [3.8, 4) is 33.6 Å². The summed E-state index contributed by atoms with van der Waals surface area (Å²) in [6.07, 6.45) is 0. The summed E-state index contributed by atoms with van der Waals surface area (Å²) < 4.78 is 4.90. The Morgan fingerprint density at radius 1 is 0.271 bits per heavy atom. The van der Waals surface area contributed by atoms with Crippen molar-refractivity contribution in [1.29, 1.82) is 0 Å². The number of benzene rings is 8. The fourth-order valence-corrected chi connectivity index (χ4v) is 7.72. The van der Waals surface area contributed by atoms with E-state index in [9.17, 15) is 0 Å². The van der Waals surface area contributed by atoms with Gasteiger partial charge in [0.05, 0.1) is 22.1 Å². The lowest BCUT2D eigenvalue weighted by molar-refractivity contribution is 1.17. The van der Waals surface area contributed by atoms with Crippen LogP contribution >= 0.6 is 0 Å². The van der Waals surface area contributed by atoms with Gasteiger partial charge in [0.25, 0.3) is 0 Å². The van der Waals surface area contributed by atoms with Crippen molar-refractivity contribution in [3.05, 3.63) is 182 Å². The van der Waals surface area contributed by atoms with Gasteiger partial charge in [0, 0.05) is 32.9 Å². The second-order valence-corrected chi connectivity index (χ2v) is 12.6. The molecule has 2 heteroatoms. The van der Waals surface area contributed by atoms with Crippen molar-refractivity contribution < 1.29 is 0 Å².